The van der Waals surface area contributed by atoms with Crippen LogP contribution >= 0.6 is 34.5 Å². The standard InChI is InChI=1S/C14H13Cl2NO2S/c1-19-17(14(18)13-12(16)7-9-20-13)8-6-10-2-4-11(15)5-3-10/h2-5,7,9H,6,8H2,1H3. The molecule has 20 heavy (non-hydrogen) atoms. The number of carbonyl (C=O) groups is 1. The van der Waals surface area contributed by atoms with Crippen molar-refractivity contribution in [1.82, 2.24) is 5.06 Å². The van der Waals surface area contributed by atoms with Crippen molar-refractivity contribution in [3.05, 3.63) is 56.2 Å². The molecule has 1 aromatic carbocycles. The van der Waals surface area contributed by atoms with E-state index in [0.29, 0.717) is 27.9 Å². The van der Waals surface area contributed by atoms with Crippen LogP contribution in [0.5, 0.6) is 0 Å². The topological polar surface area (TPSA) is 29.5 Å². The predicted molar refractivity (Wildman–Crippen MR) is 82.5 cm³/mol. The van der Waals surface area contributed by atoms with E-state index in [2.05, 4.69) is 0 Å². The van der Waals surface area contributed by atoms with E-state index in [4.69, 9.17) is 28.0 Å². The minimum Gasteiger partial charge on any atom is -0.274 e. The molecule has 0 N–H and O–H groups in total. The number of amides is 1. The van der Waals surface area contributed by atoms with Gasteiger partial charge in [-0.3, -0.25) is 9.63 Å². The van der Waals surface area contributed by atoms with Crippen molar-refractivity contribution >= 4 is 40.4 Å². The summed E-state index contributed by atoms with van der Waals surface area (Å²) in [6.45, 7) is 0.450. The van der Waals surface area contributed by atoms with Gasteiger partial charge >= 0.3 is 0 Å². The monoisotopic (exact) mass is 329 g/mol. The summed E-state index contributed by atoms with van der Waals surface area (Å²) in [7, 11) is 1.47. The van der Waals surface area contributed by atoms with Gasteiger partial charge in [-0.05, 0) is 35.6 Å². The van der Waals surface area contributed by atoms with Crippen molar-refractivity contribution in [2.24, 2.45) is 0 Å². The van der Waals surface area contributed by atoms with Gasteiger partial charge in [0.15, 0.2) is 0 Å². The molecule has 1 amide bonds. The van der Waals surface area contributed by atoms with E-state index in [1.54, 1.807) is 11.4 Å². The third-order valence-electron chi connectivity index (χ3n) is 2.78. The van der Waals surface area contributed by atoms with Crippen LogP contribution in [0.25, 0.3) is 0 Å². The molecule has 0 saturated heterocycles. The van der Waals surface area contributed by atoms with Crippen molar-refractivity contribution in [3.8, 4) is 0 Å². The summed E-state index contributed by atoms with van der Waals surface area (Å²) in [5, 5.41) is 4.24. The van der Waals surface area contributed by atoms with Crippen molar-refractivity contribution in [1.29, 1.82) is 0 Å². The molecule has 2 rings (SSSR count). The number of nitrogens with zero attached hydrogens (tertiary/aromatic N) is 1. The zero-order chi connectivity index (χ0) is 14.5. The van der Waals surface area contributed by atoms with E-state index < -0.39 is 0 Å². The highest BCUT2D eigenvalue weighted by Gasteiger charge is 2.19. The second kappa shape index (κ2) is 7.09. The Bertz CT molecular complexity index is 583. The maximum Gasteiger partial charge on any atom is 0.289 e. The molecule has 0 aliphatic heterocycles. The number of thiophene rings is 1. The fourth-order valence-electron chi connectivity index (χ4n) is 1.72. The van der Waals surface area contributed by atoms with Crippen molar-refractivity contribution in [2.75, 3.05) is 13.7 Å². The molecule has 0 radical (unpaired) electrons. The van der Waals surface area contributed by atoms with Gasteiger partial charge in [-0.2, -0.15) is 0 Å². The van der Waals surface area contributed by atoms with E-state index in [-0.39, 0.29) is 5.91 Å². The van der Waals surface area contributed by atoms with E-state index >= 15 is 0 Å². The molecule has 2 aromatic rings. The quantitative estimate of drug-likeness (QED) is 0.765. The van der Waals surface area contributed by atoms with Gasteiger partial charge < -0.3 is 0 Å². The zero-order valence-electron chi connectivity index (χ0n) is 10.8. The van der Waals surface area contributed by atoms with Crippen molar-refractivity contribution < 1.29 is 9.63 Å². The zero-order valence-corrected chi connectivity index (χ0v) is 13.1. The Morgan fingerprint density at radius 1 is 1.25 bits per heavy atom. The highest BCUT2D eigenvalue weighted by molar-refractivity contribution is 7.12. The summed E-state index contributed by atoms with van der Waals surface area (Å²) in [5.74, 6) is -0.221. The summed E-state index contributed by atoms with van der Waals surface area (Å²) in [4.78, 5) is 17.9. The summed E-state index contributed by atoms with van der Waals surface area (Å²) in [6, 6.07) is 9.21. The lowest BCUT2D eigenvalue weighted by Gasteiger charge is -2.19. The third-order valence-corrected chi connectivity index (χ3v) is 4.36. The van der Waals surface area contributed by atoms with Crippen LogP contribution in [-0.2, 0) is 11.3 Å². The lowest BCUT2D eigenvalue weighted by Crippen LogP contribution is -2.31. The van der Waals surface area contributed by atoms with E-state index in [1.807, 2.05) is 24.3 Å². The van der Waals surface area contributed by atoms with Gasteiger partial charge in [-0.1, -0.05) is 35.3 Å². The number of hydroxylamine groups is 2. The van der Waals surface area contributed by atoms with Gasteiger partial charge in [0.25, 0.3) is 5.91 Å². The first kappa shape index (κ1) is 15.3. The molecular formula is C14H13Cl2NO2S. The van der Waals surface area contributed by atoms with Gasteiger partial charge in [0.2, 0.25) is 0 Å². The molecule has 0 unspecified atom stereocenters. The van der Waals surface area contributed by atoms with E-state index in [9.17, 15) is 4.79 Å². The number of hydrogen-bond acceptors (Lipinski definition) is 3. The van der Waals surface area contributed by atoms with Crippen molar-refractivity contribution in [2.45, 2.75) is 6.42 Å². The largest absolute Gasteiger partial charge is 0.289 e. The summed E-state index contributed by atoms with van der Waals surface area (Å²) < 4.78 is 0. The minimum atomic E-state index is -0.221. The highest BCUT2D eigenvalue weighted by Crippen LogP contribution is 2.23. The first-order valence-electron chi connectivity index (χ1n) is 5.95. The predicted octanol–water partition coefficient (Wildman–Crippen LogP) is 4.30. The second-order valence-corrected chi connectivity index (χ2v) is 5.82. The Morgan fingerprint density at radius 3 is 2.50 bits per heavy atom. The van der Waals surface area contributed by atoms with E-state index in [1.165, 1.54) is 23.5 Å². The SMILES string of the molecule is CON(CCc1ccc(Cl)cc1)C(=O)c1sccc1Cl. The molecule has 1 aromatic heterocycles. The van der Waals surface area contributed by atoms with Crippen LogP contribution in [0.3, 0.4) is 0 Å². The van der Waals surface area contributed by atoms with Gasteiger partial charge in [-0.25, -0.2) is 5.06 Å². The van der Waals surface area contributed by atoms with Crippen LogP contribution in [0.15, 0.2) is 35.7 Å². The fourth-order valence-corrected chi connectivity index (χ4v) is 2.92. The molecule has 0 bridgehead atoms. The highest BCUT2D eigenvalue weighted by atomic mass is 35.5. The molecule has 0 saturated carbocycles. The molecule has 0 fully saturated rings. The van der Waals surface area contributed by atoms with Crippen LogP contribution in [0, 0.1) is 0 Å². The second-order valence-electron chi connectivity index (χ2n) is 4.06. The van der Waals surface area contributed by atoms with Crippen LogP contribution in [0.1, 0.15) is 15.2 Å². The lowest BCUT2D eigenvalue weighted by atomic mass is 10.1. The Kier molecular flexibility index (Phi) is 5.43. The van der Waals surface area contributed by atoms with Crippen LogP contribution in [0.4, 0.5) is 0 Å². The molecule has 0 aliphatic rings. The minimum absolute atomic E-state index is 0.221. The summed E-state index contributed by atoms with van der Waals surface area (Å²) in [5.41, 5.74) is 1.08. The molecule has 6 heteroatoms. The van der Waals surface area contributed by atoms with Gasteiger partial charge in [0, 0.05) is 5.02 Å². The van der Waals surface area contributed by atoms with Gasteiger partial charge in [-0.15, -0.1) is 11.3 Å². The first-order valence-corrected chi connectivity index (χ1v) is 7.59. The number of halogens is 2. The Balaban J connectivity index is 2.00. The third kappa shape index (κ3) is 3.73. The Morgan fingerprint density at radius 2 is 1.95 bits per heavy atom. The average Bonchev–Trinajstić information content (AvgIpc) is 2.87. The summed E-state index contributed by atoms with van der Waals surface area (Å²) >= 11 is 13.1. The molecular weight excluding hydrogens is 317 g/mol. The van der Waals surface area contributed by atoms with Gasteiger partial charge in [0.05, 0.1) is 18.7 Å². The number of benzene rings is 1. The molecule has 0 atom stereocenters. The fraction of sp³-hybridized carbons (Fsp3) is 0.214. The Hall–Kier alpha value is -1.07. The first-order chi connectivity index (χ1) is 9.61. The molecule has 3 nitrogen and oxygen atoms in total. The number of hydrogen-bond donors (Lipinski definition) is 0. The molecule has 106 valence electrons. The Labute approximate surface area is 131 Å². The lowest BCUT2D eigenvalue weighted by molar-refractivity contribution is -0.0939. The van der Waals surface area contributed by atoms with Crippen LogP contribution < -0.4 is 0 Å². The van der Waals surface area contributed by atoms with Crippen LogP contribution in [0.2, 0.25) is 10.0 Å². The molecule has 0 aliphatic carbocycles. The maximum atomic E-state index is 12.2. The maximum absolute atomic E-state index is 12.2. The molecule has 1 heterocycles. The summed E-state index contributed by atoms with van der Waals surface area (Å²) in [6.07, 6.45) is 0.680. The van der Waals surface area contributed by atoms with Gasteiger partial charge in [0.1, 0.15) is 4.88 Å². The molecule has 0 spiro atoms. The smallest absolute Gasteiger partial charge is 0.274 e. The number of rotatable bonds is 5. The average molecular weight is 330 g/mol. The normalized spacial score (nSPS) is 10.6. The van der Waals surface area contributed by atoms with Crippen LogP contribution in [-0.4, -0.2) is 24.6 Å². The van der Waals surface area contributed by atoms with E-state index in [0.717, 1.165) is 5.56 Å². The number of carbonyl (C=O) groups excluding carboxylic acids is 1. The van der Waals surface area contributed by atoms with Crippen molar-refractivity contribution in [3.63, 3.8) is 0 Å².